The third-order valence-corrected chi connectivity index (χ3v) is 4.43. The highest BCUT2D eigenvalue weighted by molar-refractivity contribution is 6.30. The average molecular weight is 298 g/mol. The summed E-state index contributed by atoms with van der Waals surface area (Å²) >= 11 is 5.76. The number of ketones is 1. The van der Waals surface area contributed by atoms with Crippen molar-refractivity contribution in [3.63, 3.8) is 0 Å². The lowest BCUT2D eigenvalue weighted by atomic mass is 9.61. The number of nitro groups is 1. The molecule has 0 N–H and O–H groups in total. The Balaban J connectivity index is 2.27. The van der Waals surface area contributed by atoms with Gasteiger partial charge >= 0.3 is 5.69 Å². The summed E-state index contributed by atoms with van der Waals surface area (Å²) in [7, 11) is 0. The molecule has 0 aromatic heterocycles. The Bertz CT molecular complexity index is 554. The number of Topliss-reactive ketones (excluding diaryl/α,β-unsaturated/α-hetero) is 1. The Labute approximate surface area is 122 Å². The van der Waals surface area contributed by atoms with Gasteiger partial charge in [0, 0.05) is 17.5 Å². The van der Waals surface area contributed by atoms with E-state index in [2.05, 4.69) is 0 Å². The van der Waals surface area contributed by atoms with Gasteiger partial charge in [-0.3, -0.25) is 14.9 Å². The van der Waals surface area contributed by atoms with Crippen LogP contribution in [0.5, 0.6) is 5.75 Å². The van der Waals surface area contributed by atoms with E-state index in [9.17, 15) is 14.9 Å². The molecule has 2 rings (SSSR count). The van der Waals surface area contributed by atoms with Crippen molar-refractivity contribution < 1.29 is 14.5 Å². The zero-order valence-corrected chi connectivity index (χ0v) is 12.1. The number of ether oxygens (including phenoxy) is 1. The molecule has 0 aliphatic heterocycles. The van der Waals surface area contributed by atoms with Gasteiger partial charge in [0.2, 0.25) is 0 Å². The lowest BCUT2D eigenvalue weighted by molar-refractivity contribution is -0.386. The van der Waals surface area contributed by atoms with E-state index in [0.29, 0.717) is 19.3 Å². The Morgan fingerprint density at radius 2 is 2.10 bits per heavy atom. The summed E-state index contributed by atoms with van der Waals surface area (Å²) in [5.41, 5.74) is -0.675. The van der Waals surface area contributed by atoms with Crippen molar-refractivity contribution in [2.75, 3.05) is 0 Å². The van der Waals surface area contributed by atoms with Gasteiger partial charge in [0.1, 0.15) is 11.9 Å². The molecule has 0 radical (unpaired) electrons. The largest absolute Gasteiger partial charge is 0.482 e. The first-order chi connectivity index (χ1) is 9.44. The van der Waals surface area contributed by atoms with Crippen molar-refractivity contribution >= 4 is 23.1 Å². The van der Waals surface area contributed by atoms with Crippen molar-refractivity contribution in [1.82, 2.24) is 0 Å². The number of carbonyl (C=O) groups is 1. The molecule has 1 aliphatic carbocycles. The first-order valence-corrected chi connectivity index (χ1v) is 6.96. The second kappa shape index (κ2) is 5.40. The molecule has 1 fully saturated rings. The molecule has 0 heterocycles. The Kier molecular flexibility index (Phi) is 3.99. The van der Waals surface area contributed by atoms with Crippen LogP contribution >= 0.6 is 11.6 Å². The normalized spacial score (nSPS) is 20.4. The number of hydrogen-bond donors (Lipinski definition) is 0. The SMILES string of the molecule is CCC1(CC)C(=O)CC1Oc1ccc(Cl)cc1[N+](=O)[O-]. The average Bonchev–Trinajstić information content (AvgIpc) is 2.41. The molecule has 1 atom stereocenters. The van der Waals surface area contributed by atoms with E-state index in [-0.39, 0.29) is 28.3 Å². The molecule has 1 aromatic rings. The van der Waals surface area contributed by atoms with Crippen LogP contribution in [0, 0.1) is 15.5 Å². The molecule has 20 heavy (non-hydrogen) atoms. The zero-order chi connectivity index (χ0) is 14.9. The fourth-order valence-corrected chi connectivity index (χ4v) is 2.92. The molecular formula is C14H16ClNO4. The maximum absolute atomic E-state index is 11.9. The van der Waals surface area contributed by atoms with Crippen molar-refractivity contribution in [2.45, 2.75) is 39.2 Å². The van der Waals surface area contributed by atoms with E-state index in [0.717, 1.165) is 0 Å². The first-order valence-electron chi connectivity index (χ1n) is 6.58. The van der Waals surface area contributed by atoms with E-state index in [1.165, 1.54) is 12.1 Å². The molecule has 108 valence electrons. The van der Waals surface area contributed by atoms with Crippen LogP contribution in [0.4, 0.5) is 5.69 Å². The van der Waals surface area contributed by atoms with Gasteiger partial charge in [-0.2, -0.15) is 0 Å². The third kappa shape index (κ3) is 2.26. The Morgan fingerprint density at radius 1 is 1.45 bits per heavy atom. The summed E-state index contributed by atoms with van der Waals surface area (Å²) in [6, 6.07) is 4.29. The Hall–Kier alpha value is -1.62. The number of benzene rings is 1. The number of halogens is 1. The van der Waals surface area contributed by atoms with Crippen molar-refractivity contribution in [2.24, 2.45) is 5.41 Å². The second-order valence-corrected chi connectivity index (χ2v) is 5.40. The quantitative estimate of drug-likeness (QED) is 0.612. The summed E-state index contributed by atoms with van der Waals surface area (Å²) in [5, 5.41) is 11.3. The van der Waals surface area contributed by atoms with Crippen molar-refractivity contribution in [3.05, 3.63) is 33.3 Å². The van der Waals surface area contributed by atoms with E-state index < -0.39 is 10.3 Å². The van der Waals surface area contributed by atoms with E-state index in [4.69, 9.17) is 16.3 Å². The van der Waals surface area contributed by atoms with Crippen LogP contribution in [0.2, 0.25) is 5.02 Å². The molecule has 6 heteroatoms. The fraction of sp³-hybridized carbons (Fsp3) is 0.500. The predicted octanol–water partition coefficient (Wildman–Crippen LogP) is 3.77. The van der Waals surface area contributed by atoms with Crippen LogP contribution in [0.3, 0.4) is 0 Å². The van der Waals surface area contributed by atoms with Gasteiger partial charge in [-0.15, -0.1) is 0 Å². The number of carbonyl (C=O) groups excluding carboxylic acids is 1. The van der Waals surface area contributed by atoms with Crippen LogP contribution < -0.4 is 4.74 Å². The standard InChI is InChI=1S/C14H16ClNO4/c1-3-14(4-2)12(17)8-13(14)20-11-6-5-9(15)7-10(11)16(18)19/h5-7,13H,3-4,8H2,1-2H3. The van der Waals surface area contributed by atoms with Crippen LogP contribution in [0.15, 0.2) is 18.2 Å². The van der Waals surface area contributed by atoms with E-state index >= 15 is 0 Å². The van der Waals surface area contributed by atoms with Crippen molar-refractivity contribution in [1.29, 1.82) is 0 Å². The van der Waals surface area contributed by atoms with Crippen LogP contribution in [0.1, 0.15) is 33.1 Å². The molecule has 1 unspecified atom stereocenters. The molecule has 1 aliphatic rings. The monoisotopic (exact) mass is 297 g/mol. The lowest BCUT2D eigenvalue weighted by Crippen LogP contribution is -2.56. The second-order valence-electron chi connectivity index (χ2n) is 4.97. The van der Waals surface area contributed by atoms with Gasteiger partial charge in [0.05, 0.1) is 10.3 Å². The summed E-state index contributed by atoms with van der Waals surface area (Å²) < 4.78 is 5.74. The number of nitro benzene ring substituents is 1. The van der Waals surface area contributed by atoms with E-state index in [1.807, 2.05) is 13.8 Å². The molecule has 1 saturated carbocycles. The minimum absolute atomic E-state index is 0.169. The maximum atomic E-state index is 11.9. The van der Waals surface area contributed by atoms with E-state index in [1.54, 1.807) is 6.07 Å². The highest BCUT2D eigenvalue weighted by Gasteiger charge is 2.54. The topological polar surface area (TPSA) is 69.4 Å². The molecule has 1 aromatic carbocycles. The highest BCUT2D eigenvalue weighted by Crippen LogP contribution is 2.46. The lowest BCUT2D eigenvalue weighted by Gasteiger charge is -2.46. The summed E-state index contributed by atoms with van der Waals surface area (Å²) in [4.78, 5) is 22.4. The Morgan fingerprint density at radius 3 is 2.60 bits per heavy atom. The fourth-order valence-electron chi connectivity index (χ4n) is 2.76. The number of hydrogen-bond acceptors (Lipinski definition) is 4. The minimum atomic E-state index is -0.527. The predicted molar refractivity (Wildman–Crippen MR) is 75.2 cm³/mol. The molecule has 0 bridgehead atoms. The zero-order valence-electron chi connectivity index (χ0n) is 11.4. The number of rotatable bonds is 5. The van der Waals surface area contributed by atoms with Crippen LogP contribution in [-0.4, -0.2) is 16.8 Å². The van der Waals surface area contributed by atoms with Crippen LogP contribution in [-0.2, 0) is 4.79 Å². The summed E-state index contributed by atoms with van der Waals surface area (Å²) in [5.74, 6) is 0.340. The summed E-state index contributed by atoms with van der Waals surface area (Å²) in [6.45, 7) is 3.88. The van der Waals surface area contributed by atoms with Gasteiger partial charge in [-0.05, 0) is 25.0 Å². The third-order valence-electron chi connectivity index (χ3n) is 4.19. The molecule has 5 nitrogen and oxygen atoms in total. The summed E-state index contributed by atoms with van der Waals surface area (Å²) in [6.07, 6.45) is 1.36. The van der Waals surface area contributed by atoms with Gasteiger partial charge in [-0.1, -0.05) is 25.4 Å². The molecule has 0 saturated heterocycles. The van der Waals surface area contributed by atoms with Crippen molar-refractivity contribution in [3.8, 4) is 5.75 Å². The molecule has 0 amide bonds. The molecule has 0 spiro atoms. The van der Waals surface area contributed by atoms with Gasteiger partial charge < -0.3 is 4.74 Å². The maximum Gasteiger partial charge on any atom is 0.312 e. The highest BCUT2D eigenvalue weighted by atomic mass is 35.5. The minimum Gasteiger partial charge on any atom is -0.482 e. The van der Waals surface area contributed by atoms with Gasteiger partial charge in [-0.25, -0.2) is 0 Å². The smallest absolute Gasteiger partial charge is 0.312 e. The number of nitrogens with zero attached hydrogens (tertiary/aromatic N) is 1. The first kappa shape index (κ1) is 14.8. The van der Waals surface area contributed by atoms with Gasteiger partial charge in [0.25, 0.3) is 0 Å². The van der Waals surface area contributed by atoms with Gasteiger partial charge in [0.15, 0.2) is 5.75 Å². The van der Waals surface area contributed by atoms with Crippen LogP contribution in [0.25, 0.3) is 0 Å². The molecular weight excluding hydrogens is 282 g/mol.